The molecule has 2 aromatic rings. The van der Waals surface area contributed by atoms with Gasteiger partial charge in [-0.25, -0.2) is 0 Å². The highest BCUT2D eigenvalue weighted by Crippen LogP contribution is 2.38. The molecule has 1 aliphatic rings. The van der Waals surface area contributed by atoms with Gasteiger partial charge in [-0.1, -0.05) is 5.16 Å². The van der Waals surface area contributed by atoms with Crippen molar-refractivity contribution >= 4 is 15.9 Å². The number of hydrogen-bond acceptors (Lipinski definition) is 5. The Morgan fingerprint density at radius 1 is 1.21 bits per heavy atom. The fourth-order valence-electron chi connectivity index (χ4n) is 1.93. The van der Waals surface area contributed by atoms with Gasteiger partial charge in [0.05, 0.1) is 10.2 Å². The van der Waals surface area contributed by atoms with E-state index in [1.165, 1.54) is 0 Å². The highest BCUT2D eigenvalue weighted by Gasteiger charge is 2.16. The quantitative estimate of drug-likeness (QED) is 0.936. The van der Waals surface area contributed by atoms with Crippen LogP contribution in [0.3, 0.4) is 0 Å². The molecular weight excluding hydrogens is 312 g/mol. The van der Waals surface area contributed by atoms with E-state index in [1.807, 2.05) is 18.2 Å². The van der Waals surface area contributed by atoms with Crippen LogP contribution in [0.1, 0.15) is 11.3 Å². The molecule has 3 rings (SSSR count). The Morgan fingerprint density at radius 3 is 2.95 bits per heavy atom. The summed E-state index contributed by atoms with van der Waals surface area (Å²) < 4.78 is 16.8. The number of halogens is 1. The fraction of sp³-hybridized carbons (Fsp3) is 0.308. The first kappa shape index (κ1) is 12.5. The van der Waals surface area contributed by atoms with Crippen molar-refractivity contribution in [3.05, 3.63) is 40.2 Å². The summed E-state index contributed by atoms with van der Waals surface area (Å²) in [5, 5.41) is 7.14. The molecule has 1 aliphatic heterocycles. The van der Waals surface area contributed by atoms with Gasteiger partial charge in [0.2, 0.25) is 0 Å². The molecule has 2 heterocycles. The van der Waals surface area contributed by atoms with Gasteiger partial charge in [0.1, 0.15) is 19.5 Å². The number of benzene rings is 1. The zero-order chi connectivity index (χ0) is 13.1. The Labute approximate surface area is 119 Å². The molecule has 0 atom stereocenters. The van der Waals surface area contributed by atoms with Crippen LogP contribution in [0.25, 0.3) is 0 Å². The second-order valence-corrected chi connectivity index (χ2v) is 5.05. The van der Waals surface area contributed by atoms with Crippen molar-refractivity contribution in [2.45, 2.75) is 13.1 Å². The summed E-state index contributed by atoms with van der Waals surface area (Å²) in [5.74, 6) is 1.57. The molecule has 0 fully saturated rings. The highest BCUT2D eigenvalue weighted by molar-refractivity contribution is 9.10. The highest BCUT2D eigenvalue weighted by atomic mass is 79.9. The lowest BCUT2D eigenvalue weighted by Gasteiger charge is -2.20. The van der Waals surface area contributed by atoms with Crippen LogP contribution in [0.5, 0.6) is 11.5 Å². The van der Waals surface area contributed by atoms with Gasteiger partial charge in [0.15, 0.2) is 11.5 Å². The Hall–Kier alpha value is -1.53. The number of fused-ring (bicyclic) bond motifs is 1. The summed E-state index contributed by atoms with van der Waals surface area (Å²) in [7, 11) is 0. The second-order valence-electron chi connectivity index (χ2n) is 4.20. The summed E-state index contributed by atoms with van der Waals surface area (Å²) >= 11 is 3.50. The summed E-state index contributed by atoms with van der Waals surface area (Å²) in [5.41, 5.74) is 2.01. The van der Waals surface area contributed by atoms with E-state index in [-0.39, 0.29) is 0 Å². The molecule has 0 amide bonds. The maximum atomic E-state index is 5.59. The number of ether oxygens (including phenoxy) is 2. The minimum atomic E-state index is 0.593. The molecule has 100 valence electrons. The maximum absolute atomic E-state index is 5.59. The molecule has 0 unspecified atom stereocenters. The molecule has 0 spiro atoms. The van der Waals surface area contributed by atoms with Crippen LogP contribution in [0.4, 0.5) is 0 Å². The monoisotopic (exact) mass is 324 g/mol. The first-order chi connectivity index (χ1) is 9.33. The molecular formula is C13H13BrN2O3. The lowest BCUT2D eigenvalue weighted by Crippen LogP contribution is -2.17. The molecule has 1 aromatic heterocycles. The smallest absolute Gasteiger partial charge is 0.175 e. The van der Waals surface area contributed by atoms with Gasteiger partial charge in [0.25, 0.3) is 0 Å². The van der Waals surface area contributed by atoms with E-state index in [1.54, 1.807) is 6.26 Å². The van der Waals surface area contributed by atoms with E-state index < -0.39 is 0 Å². The normalized spacial score (nSPS) is 13.5. The van der Waals surface area contributed by atoms with Crippen LogP contribution in [0.2, 0.25) is 0 Å². The van der Waals surface area contributed by atoms with Crippen LogP contribution < -0.4 is 14.8 Å². The van der Waals surface area contributed by atoms with Crippen molar-refractivity contribution in [3.63, 3.8) is 0 Å². The van der Waals surface area contributed by atoms with Crippen molar-refractivity contribution in [2.24, 2.45) is 0 Å². The lowest BCUT2D eigenvalue weighted by atomic mass is 10.2. The van der Waals surface area contributed by atoms with Crippen LogP contribution >= 0.6 is 15.9 Å². The van der Waals surface area contributed by atoms with Gasteiger partial charge in [-0.3, -0.25) is 0 Å². The van der Waals surface area contributed by atoms with Crippen LogP contribution in [-0.4, -0.2) is 18.4 Å². The molecule has 1 aromatic carbocycles. The summed E-state index contributed by atoms with van der Waals surface area (Å²) in [4.78, 5) is 0. The summed E-state index contributed by atoms with van der Waals surface area (Å²) in [6, 6.07) is 5.87. The predicted octanol–water partition coefficient (Wildman–Crippen LogP) is 2.50. The molecule has 5 nitrogen and oxygen atoms in total. The van der Waals surface area contributed by atoms with Crippen molar-refractivity contribution in [1.82, 2.24) is 10.5 Å². The van der Waals surface area contributed by atoms with E-state index in [0.29, 0.717) is 19.8 Å². The SMILES string of the molecule is Brc1cc(CNCc2ccon2)cc2c1OCCO2. The van der Waals surface area contributed by atoms with Gasteiger partial charge in [-0.15, -0.1) is 0 Å². The maximum Gasteiger partial charge on any atom is 0.175 e. The van der Waals surface area contributed by atoms with Gasteiger partial charge in [-0.2, -0.15) is 0 Å². The third-order valence-corrected chi connectivity index (χ3v) is 3.37. The first-order valence-electron chi connectivity index (χ1n) is 6.01. The zero-order valence-corrected chi connectivity index (χ0v) is 11.8. The fourth-order valence-corrected chi connectivity index (χ4v) is 2.53. The topological polar surface area (TPSA) is 56.5 Å². The molecule has 0 saturated heterocycles. The molecule has 1 N–H and O–H groups in total. The minimum absolute atomic E-state index is 0.593. The van der Waals surface area contributed by atoms with Crippen LogP contribution in [0.15, 0.2) is 33.5 Å². The second kappa shape index (κ2) is 5.63. The van der Waals surface area contributed by atoms with E-state index in [4.69, 9.17) is 14.0 Å². The van der Waals surface area contributed by atoms with E-state index in [2.05, 4.69) is 26.4 Å². The summed E-state index contributed by atoms with van der Waals surface area (Å²) in [6.45, 7) is 2.58. The van der Waals surface area contributed by atoms with E-state index in [0.717, 1.165) is 33.8 Å². The largest absolute Gasteiger partial charge is 0.486 e. The van der Waals surface area contributed by atoms with Gasteiger partial charge < -0.3 is 19.3 Å². The Balaban J connectivity index is 1.66. The third kappa shape index (κ3) is 2.90. The standard InChI is InChI=1S/C13H13BrN2O3/c14-11-5-9(6-12-13(11)18-4-3-17-12)7-15-8-10-1-2-19-16-10/h1-2,5-6,15H,3-4,7-8H2. The number of nitrogens with one attached hydrogen (secondary N) is 1. The van der Waals surface area contributed by atoms with Crippen molar-refractivity contribution < 1.29 is 14.0 Å². The number of rotatable bonds is 4. The van der Waals surface area contributed by atoms with E-state index in [9.17, 15) is 0 Å². The summed E-state index contributed by atoms with van der Waals surface area (Å²) in [6.07, 6.45) is 1.57. The molecule has 0 aliphatic carbocycles. The lowest BCUT2D eigenvalue weighted by molar-refractivity contribution is 0.170. The Bertz CT molecular complexity index is 557. The predicted molar refractivity (Wildman–Crippen MR) is 72.2 cm³/mol. The molecule has 0 saturated carbocycles. The van der Waals surface area contributed by atoms with Crippen molar-refractivity contribution in [3.8, 4) is 11.5 Å². The van der Waals surface area contributed by atoms with Gasteiger partial charge >= 0.3 is 0 Å². The number of aromatic nitrogens is 1. The minimum Gasteiger partial charge on any atom is -0.486 e. The average molecular weight is 325 g/mol. The molecule has 0 radical (unpaired) electrons. The average Bonchev–Trinajstić information content (AvgIpc) is 2.92. The Kier molecular flexibility index (Phi) is 3.70. The Morgan fingerprint density at radius 2 is 2.11 bits per heavy atom. The van der Waals surface area contributed by atoms with Crippen molar-refractivity contribution in [1.29, 1.82) is 0 Å². The van der Waals surface area contributed by atoms with E-state index >= 15 is 0 Å². The number of nitrogens with zero attached hydrogens (tertiary/aromatic N) is 1. The van der Waals surface area contributed by atoms with Gasteiger partial charge in [-0.05, 0) is 33.6 Å². The van der Waals surface area contributed by atoms with Crippen LogP contribution in [0, 0.1) is 0 Å². The molecule has 0 bridgehead atoms. The van der Waals surface area contributed by atoms with Crippen molar-refractivity contribution in [2.75, 3.05) is 13.2 Å². The molecule has 19 heavy (non-hydrogen) atoms. The number of hydrogen-bond donors (Lipinski definition) is 1. The first-order valence-corrected chi connectivity index (χ1v) is 6.80. The zero-order valence-electron chi connectivity index (χ0n) is 10.2. The molecule has 6 heteroatoms. The van der Waals surface area contributed by atoms with Gasteiger partial charge in [0, 0.05) is 19.2 Å². The third-order valence-electron chi connectivity index (χ3n) is 2.78. The van der Waals surface area contributed by atoms with Crippen LogP contribution in [-0.2, 0) is 13.1 Å².